The van der Waals surface area contributed by atoms with Crippen molar-refractivity contribution >= 4 is 5.91 Å². The lowest BCUT2D eigenvalue weighted by atomic mass is 10.1. The van der Waals surface area contributed by atoms with Crippen LogP contribution in [0.3, 0.4) is 0 Å². The zero-order valence-corrected chi connectivity index (χ0v) is 12.0. The van der Waals surface area contributed by atoms with Crippen LogP contribution >= 0.6 is 0 Å². The number of nitrogens with one attached hydrogen (secondary N) is 2. The van der Waals surface area contributed by atoms with Crippen LogP contribution in [-0.4, -0.2) is 52.4 Å². The summed E-state index contributed by atoms with van der Waals surface area (Å²) in [5.74, 6) is 0.984. The number of hydrogen-bond acceptors (Lipinski definition) is 3. The van der Waals surface area contributed by atoms with Gasteiger partial charge in [0.2, 0.25) is 0 Å². The molecule has 1 heterocycles. The van der Waals surface area contributed by atoms with Crippen LogP contribution in [0.15, 0.2) is 24.3 Å². The van der Waals surface area contributed by atoms with Crippen molar-refractivity contribution in [2.24, 2.45) is 0 Å². The molecule has 20 heavy (non-hydrogen) atoms. The number of methoxy groups -OCH3 is 1. The Morgan fingerprint density at radius 2 is 2.10 bits per heavy atom. The zero-order valence-electron chi connectivity index (χ0n) is 12.0. The molecule has 0 saturated carbocycles. The SMILES string of the molecule is COc1ccccc1CCNC(=O)C[NH+]1CCOCC1. The summed E-state index contributed by atoms with van der Waals surface area (Å²) in [6.45, 7) is 4.52. The van der Waals surface area contributed by atoms with E-state index < -0.39 is 0 Å². The molecule has 1 saturated heterocycles. The van der Waals surface area contributed by atoms with Gasteiger partial charge >= 0.3 is 0 Å². The number of carbonyl (C=O) groups is 1. The molecule has 0 aliphatic carbocycles. The highest BCUT2D eigenvalue weighted by molar-refractivity contribution is 5.76. The third-order valence-corrected chi connectivity index (χ3v) is 3.52. The van der Waals surface area contributed by atoms with E-state index in [9.17, 15) is 4.79 Å². The highest BCUT2D eigenvalue weighted by atomic mass is 16.5. The normalized spacial score (nSPS) is 15.8. The van der Waals surface area contributed by atoms with Crippen molar-refractivity contribution in [1.82, 2.24) is 5.32 Å². The largest absolute Gasteiger partial charge is 0.496 e. The van der Waals surface area contributed by atoms with E-state index in [4.69, 9.17) is 9.47 Å². The Bertz CT molecular complexity index is 431. The Morgan fingerprint density at radius 3 is 2.85 bits per heavy atom. The van der Waals surface area contributed by atoms with Crippen LogP contribution in [0.5, 0.6) is 5.75 Å². The maximum Gasteiger partial charge on any atom is 0.275 e. The van der Waals surface area contributed by atoms with Gasteiger partial charge in [0.25, 0.3) is 5.91 Å². The van der Waals surface area contributed by atoms with E-state index in [1.54, 1.807) is 7.11 Å². The smallest absolute Gasteiger partial charge is 0.275 e. The van der Waals surface area contributed by atoms with Crippen LogP contribution in [0.2, 0.25) is 0 Å². The molecule has 2 N–H and O–H groups in total. The Balaban J connectivity index is 1.70. The molecule has 0 atom stereocenters. The van der Waals surface area contributed by atoms with Crippen LogP contribution in [-0.2, 0) is 16.0 Å². The van der Waals surface area contributed by atoms with Crippen LogP contribution in [0.25, 0.3) is 0 Å². The van der Waals surface area contributed by atoms with Crippen molar-refractivity contribution in [2.75, 3.05) is 46.5 Å². The standard InChI is InChI=1S/C15H22N2O3/c1-19-14-5-3-2-4-13(14)6-7-16-15(18)12-17-8-10-20-11-9-17/h2-5H,6-12H2,1H3,(H,16,18)/p+1. The van der Waals surface area contributed by atoms with Crippen LogP contribution in [0, 0.1) is 0 Å². The molecule has 1 aliphatic rings. The molecular weight excluding hydrogens is 256 g/mol. The first-order chi connectivity index (χ1) is 9.79. The monoisotopic (exact) mass is 279 g/mol. The number of morpholine rings is 1. The van der Waals surface area contributed by atoms with Crippen molar-refractivity contribution in [3.63, 3.8) is 0 Å². The third kappa shape index (κ3) is 4.51. The Hall–Kier alpha value is -1.59. The van der Waals surface area contributed by atoms with Crippen molar-refractivity contribution < 1.29 is 19.2 Å². The average Bonchev–Trinajstić information content (AvgIpc) is 2.49. The number of hydrogen-bond donors (Lipinski definition) is 2. The Labute approximate surface area is 119 Å². The zero-order chi connectivity index (χ0) is 14.2. The molecule has 0 spiro atoms. The molecule has 1 aromatic rings. The van der Waals surface area contributed by atoms with E-state index in [0.29, 0.717) is 13.1 Å². The highest BCUT2D eigenvalue weighted by Crippen LogP contribution is 2.16. The number of rotatable bonds is 6. The Kier molecular flexibility index (Phi) is 5.83. The van der Waals surface area contributed by atoms with Crippen molar-refractivity contribution in [1.29, 1.82) is 0 Å². The summed E-state index contributed by atoms with van der Waals surface area (Å²) in [5, 5.41) is 2.97. The fourth-order valence-corrected chi connectivity index (χ4v) is 2.37. The summed E-state index contributed by atoms with van der Waals surface area (Å²) in [6, 6.07) is 7.90. The molecule has 1 aliphatic heterocycles. The maximum atomic E-state index is 11.9. The van der Waals surface area contributed by atoms with Crippen LogP contribution < -0.4 is 15.0 Å². The second-order valence-electron chi connectivity index (χ2n) is 4.95. The molecule has 1 fully saturated rings. The van der Waals surface area contributed by atoms with Gasteiger partial charge in [-0.15, -0.1) is 0 Å². The summed E-state index contributed by atoms with van der Waals surface area (Å²) in [4.78, 5) is 13.1. The number of carbonyl (C=O) groups excluding carboxylic acids is 1. The number of amides is 1. The minimum atomic E-state index is 0.108. The topological polar surface area (TPSA) is 52.0 Å². The average molecular weight is 279 g/mol. The first-order valence-electron chi connectivity index (χ1n) is 7.09. The first kappa shape index (κ1) is 14.8. The van der Waals surface area contributed by atoms with Gasteiger partial charge in [0, 0.05) is 6.54 Å². The molecule has 2 rings (SSSR count). The fourth-order valence-electron chi connectivity index (χ4n) is 2.37. The molecular formula is C15H23N2O3+. The van der Waals surface area contributed by atoms with Crippen molar-refractivity contribution in [2.45, 2.75) is 6.42 Å². The second-order valence-corrected chi connectivity index (χ2v) is 4.95. The highest BCUT2D eigenvalue weighted by Gasteiger charge is 2.17. The lowest BCUT2D eigenvalue weighted by Gasteiger charge is -2.23. The number of ether oxygens (including phenoxy) is 2. The van der Waals surface area contributed by atoms with Gasteiger partial charge in [-0.25, -0.2) is 0 Å². The van der Waals surface area contributed by atoms with Gasteiger partial charge in [-0.1, -0.05) is 18.2 Å². The first-order valence-corrected chi connectivity index (χ1v) is 7.09. The number of quaternary nitrogens is 1. The quantitative estimate of drug-likeness (QED) is 0.722. The lowest BCUT2D eigenvalue weighted by Crippen LogP contribution is -3.15. The van der Waals surface area contributed by atoms with E-state index in [0.717, 1.165) is 44.0 Å². The van der Waals surface area contributed by atoms with E-state index in [1.165, 1.54) is 4.90 Å². The van der Waals surface area contributed by atoms with Crippen LogP contribution in [0.4, 0.5) is 0 Å². The summed E-state index contributed by atoms with van der Waals surface area (Å²) in [7, 11) is 1.67. The lowest BCUT2D eigenvalue weighted by molar-refractivity contribution is -0.900. The van der Waals surface area contributed by atoms with Gasteiger partial charge < -0.3 is 19.7 Å². The molecule has 1 aromatic carbocycles. The van der Waals surface area contributed by atoms with E-state index in [1.807, 2.05) is 24.3 Å². The van der Waals surface area contributed by atoms with E-state index >= 15 is 0 Å². The maximum absolute atomic E-state index is 11.9. The number of benzene rings is 1. The van der Waals surface area contributed by atoms with Gasteiger partial charge in [0.05, 0.1) is 20.3 Å². The predicted molar refractivity (Wildman–Crippen MR) is 76.1 cm³/mol. The minimum Gasteiger partial charge on any atom is -0.496 e. The van der Waals surface area contributed by atoms with Crippen molar-refractivity contribution in [3.05, 3.63) is 29.8 Å². The summed E-state index contributed by atoms with van der Waals surface area (Å²) in [6.07, 6.45) is 0.786. The molecule has 1 amide bonds. The van der Waals surface area contributed by atoms with Gasteiger partial charge in [-0.05, 0) is 18.1 Å². The molecule has 0 aromatic heterocycles. The van der Waals surface area contributed by atoms with Crippen LogP contribution in [0.1, 0.15) is 5.56 Å². The van der Waals surface area contributed by atoms with Gasteiger partial charge in [-0.3, -0.25) is 4.79 Å². The minimum absolute atomic E-state index is 0.108. The summed E-state index contributed by atoms with van der Waals surface area (Å²) in [5.41, 5.74) is 1.12. The second kappa shape index (κ2) is 7.87. The van der Waals surface area contributed by atoms with Gasteiger partial charge in [0.15, 0.2) is 6.54 Å². The Morgan fingerprint density at radius 1 is 1.35 bits per heavy atom. The van der Waals surface area contributed by atoms with E-state index in [-0.39, 0.29) is 5.91 Å². The predicted octanol–water partition coefficient (Wildman–Crippen LogP) is -0.731. The molecule has 110 valence electrons. The molecule has 5 heteroatoms. The summed E-state index contributed by atoms with van der Waals surface area (Å²) < 4.78 is 10.6. The molecule has 5 nitrogen and oxygen atoms in total. The van der Waals surface area contributed by atoms with E-state index in [2.05, 4.69) is 5.32 Å². The van der Waals surface area contributed by atoms with Gasteiger partial charge in [0.1, 0.15) is 18.8 Å². The summed E-state index contributed by atoms with van der Waals surface area (Å²) >= 11 is 0. The number of para-hydroxylation sites is 1. The molecule has 0 radical (unpaired) electrons. The van der Waals surface area contributed by atoms with Gasteiger partial charge in [-0.2, -0.15) is 0 Å². The van der Waals surface area contributed by atoms with Crippen molar-refractivity contribution in [3.8, 4) is 5.75 Å². The third-order valence-electron chi connectivity index (χ3n) is 3.52. The fraction of sp³-hybridized carbons (Fsp3) is 0.533. The molecule has 0 bridgehead atoms. The molecule has 0 unspecified atom stereocenters.